The molecule has 23 heavy (non-hydrogen) atoms. The summed E-state index contributed by atoms with van der Waals surface area (Å²) in [6.45, 7) is 1.87. The van der Waals surface area contributed by atoms with Gasteiger partial charge in [-0.15, -0.1) is 0 Å². The van der Waals surface area contributed by atoms with E-state index in [1.54, 1.807) is 6.07 Å². The predicted octanol–water partition coefficient (Wildman–Crippen LogP) is 3.35. The summed E-state index contributed by atoms with van der Waals surface area (Å²) in [6, 6.07) is 17.3. The molecule has 1 aliphatic heterocycles. The van der Waals surface area contributed by atoms with Crippen molar-refractivity contribution in [3.8, 4) is 5.75 Å². The van der Waals surface area contributed by atoms with Crippen LogP contribution < -0.4 is 5.32 Å². The third-order valence-corrected chi connectivity index (χ3v) is 3.91. The summed E-state index contributed by atoms with van der Waals surface area (Å²) in [4.78, 5) is 4.45. The molecular formula is C18H16N4O. The Balaban J connectivity index is 1.86. The van der Waals surface area contributed by atoms with Gasteiger partial charge in [-0.2, -0.15) is 10.1 Å². The fourth-order valence-corrected chi connectivity index (χ4v) is 2.85. The zero-order valence-electron chi connectivity index (χ0n) is 12.6. The van der Waals surface area contributed by atoms with Crippen molar-refractivity contribution in [2.45, 2.75) is 13.0 Å². The maximum absolute atomic E-state index is 10.1. The van der Waals surface area contributed by atoms with E-state index in [1.807, 2.05) is 48.0 Å². The fourth-order valence-electron chi connectivity index (χ4n) is 2.85. The zero-order chi connectivity index (χ0) is 15.8. The first-order valence-corrected chi connectivity index (χ1v) is 7.47. The number of aromatic hydroxyl groups is 1. The van der Waals surface area contributed by atoms with E-state index in [1.165, 1.54) is 0 Å². The molecule has 3 aromatic rings. The van der Waals surface area contributed by atoms with Crippen LogP contribution in [-0.2, 0) is 0 Å². The second kappa shape index (κ2) is 5.28. The van der Waals surface area contributed by atoms with Gasteiger partial charge in [-0.1, -0.05) is 42.5 Å². The quantitative estimate of drug-likeness (QED) is 0.762. The topological polar surface area (TPSA) is 63.0 Å². The molecule has 2 heterocycles. The van der Waals surface area contributed by atoms with Crippen molar-refractivity contribution in [3.63, 3.8) is 0 Å². The minimum Gasteiger partial charge on any atom is -0.507 e. The van der Waals surface area contributed by atoms with Crippen LogP contribution in [-0.4, -0.2) is 19.9 Å². The van der Waals surface area contributed by atoms with E-state index in [0.29, 0.717) is 11.8 Å². The monoisotopic (exact) mass is 304 g/mol. The predicted molar refractivity (Wildman–Crippen MR) is 89.0 cm³/mol. The molecule has 0 saturated heterocycles. The Morgan fingerprint density at radius 1 is 1.04 bits per heavy atom. The number of hydrogen-bond donors (Lipinski definition) is 2. The molecule has 0 fully saturated rings. The average molecular weight is 304 g/mol. The van der Waals surface area contributed by atoms with Crippen LogP contribution in [0, 0.1) is 6.92 Å². The summed E-state index contributed by atoms with van der Waals surface area (Å²) in [5.41, 5.74) is 2.70. The first kappa shape index (κ1) is 13.6. The lowest BCUT2D eigenvalue weighted by molar-refractivity contribution is 0.473. The summed E-state index contributed by atoms with van der Waals surface area (Å²) in [5.74, 6) is 1.63. The highest BCUT2D eigenvalue weighted by atomic mass is 16.3. The van der Waals surface area contributed by atoms with Crippen molar-refractivity contribution in [2.24, 2.45) is 0 Å². The van der Waals surface area contributed by atoms with E-state index in [-0.39, 0.29) is 11.8 Å². The summed E-state index contributed by atoms with van der Waals surface area (Å²) in [6.07, 6.45) is 2.06. The number of phenolic OH excluding ortho intramolecular Hbond substituents is 1. The van der Waals surface area contributed by atoms with Crippen LogP contribution in [0.3, 0.4) is 0 Å². The Kier molecular flexibility index (Phi) is 3.12. The molecule has 5 heteroatoms. The molecule has 1 unspecified atom stereocenters. The zero-order valence-corrected chi connectivity index (χ0v) is 12.6. The number of nitrogens with one attached hydrogen (secondary N) is 1. The molecule has 4 rings (SSSR count). The van der Waals surface area contributed by atoms with Crippen LogP contribution in [0.25, 0.3) is 5.70 Å². The smallest absolute Gasteiger partial charge is 0.226 e. The van der Waals surface area contributed by atoms with Crippen molar-refractivity contribution in [1.29, 1.82) is 0 Å². The number of phenols is 1. The Morgan fingerprint density at radius 2 is 1.78 bits per heavy atom. The summed E-state index contributed by atoms with van der Waals surface area (Å²) < 4.78 is 1.87. The molecular weight excluding hydrogens is 288 g/mol. The Bertz CT molecular complexity index is 883. The maximum atomic E-state index is 10.1. The molecule has 0 bridgehead atoms. The van der Waals surface area contributed by atoms with Crippen LogP contribution in [0.4, 0.5) is 5.95 Å². The number of fused-ring (bicyclic) bond motifs is 1. The number of para-hydroxylation sites is 1. The Labute approximate surface area is 133 Å². The molecule has 0 amide bonds. The van der Waals surface area contributed by atoms with Crippen LogP contribution in [0.2, 0.25) is 0 Å². The van der Waals surface area contributed by atoms with E-state index in [0.717, 1.165) is 16.8 Å². The van der Waals surface area contributed by atoms with Crippen molar-refractivity contribution in [2.75, 3.05) is 5.32 Å². The van der Waals surface area contributed by atoms with E-state index in [9.17, 15) is 5.11 Å². The Hall–Kier alpha value is -3.08. The van der Waals surface area contributed by atoms with Crippen LogP contribution >= 0.6 is 0 Å². The molecule has 0 radical (unpaired) electrons. The Morgan fingerprint density at radius 3 is 2.57 bits per heavy atom. The van der Waals surface area contributed by atoms with Crippen LogP contribution in [0.5, 0.6) is 5.75 Å². The summed E-state index contributed by atoms with van der Waals surface area (Å²) >= 11 is 0. The molecule has 2 aromatic carbocycles. The van der Waals surface area contributed by atoms with E-state index < -0.39 is 0 Å². The van der Waals surface area contributed by atoms with E-state index >= 15 is 0 Å². The molecule has 2 N–H and O–H groups in total. The second-order valence-electron chi connectivity index (χ2n) is 5.51. The number of hydrogen-bond acceptors (Lipinski definition) is 4. The van der Waals surface area contributed by atoms with E-state index in [2.05, 4.69) is 33.6 Å². The third kappa shape index (κ3) is 2.36. The number of allylic oxidation sites excluding steroid dienone is 1. The largest absolute Gasteiger partial charge is 0.507 e. The molecule has 0 spiro atoms. The van der Waals surface area contributed by atoms with Gasteiger partial charge in [0.2, 0.25) is 5.95 Å². The summed E-state index contributed by atoms with van der Waals surface area (Å²) in [7, 11) is 0. The fraction of sp³-hybridized carbons (Fsp3) is 0.111. The van der Waals surface area contributed by atoms with Crippen molar-refractivity contribution >= 4 is 11.6 Å². The minimum atomic E-state index is -0.0664. The third-order valence-electron chi connectivity index (χ3n) is 3.91. The lowest BCUT2D eigenvalue weighted by atomic mass is 10.0. The second-order valence-corrected chi connectivity index (χ2v) is 5.51. The van der Waals surface area contributed by atoms with Gasteiger partial charge in [0.25, 0.3) is 0 Å². The van der Waals surface area contributed by atoms with Crippen molar-refractivity contribution in [3.05, 3.63) is 77.6 Å². The number of benzene rings is 2. The molecule has 1 aromatic heterocycles. The number of anilines is 1. The maximum Gasteiger partial charge on any atom is 0.226 e. The highest BCUT2D eigenvalue weighted by Gasteiger charge is 2.25. The normalized spacial score (nSPS) is 16.4. The number of rotatable bonds is 2. The molecule has 1 atom stereocenters. The molecule has 114 valence electrons. The van der Waals surface area contributed by atoms with Crippen molar-refractivity contribution in [1.82, 2.24) is 14.8 Å². The molecule has 1 aliphatic rings. The minimum absolute atomic E-state index is 0.0664. The van der Waals surface area contributed by atoms with Crippen LogP contribution in [0.15, 0.2) is 60.7 Å². The van der Waals surface area contributed by atoms with Gasteiger partial charge in [0.05, 0.1) is 5.70 Å². The number of aryl methyl sites for hydroxylation is 1. The van der Waals surface area contributed by atoms with E-state index in [4.69, 9.17) is 0 Å². The molecule has 5 nitrogen and oxygen atoms in total. The van der Waals surface area contributed by atoms with Gasteiger partial charge >= 0.3 is 0 Å². The molecule has 0 aliphatic carbocycles. The lowest BCUT2D eigenvalue weighted by Gasteiger charge is -2.24. The van der Waals surface area contributed by atoms with Crippen LogP contribution in [0.1, 0.15) is 23.0 Å². The van der Waals surface area contributed by atoms with Gasteiger partial charge in [0.15, 0.2) is 0 Å². The highest BCUT2D eigenvalue weighted by molar-refractivity contribution is 5.80. The van der Waals surface area contributed by atoms with Gasteiger partial charge in [-0.25, -0.2) is 4.68 Å². The van der Waals surface area contributed by atoms with Gasteiger partial charge in [-0.3, -0.25) is 0 Å². The van der Waals surface area contributed by atoms with Crippen molar-refractivity contribution < 1.29 is 5.11 Å². The van der Waals surface area contributed by atoms with Gasteiger partial charge in [-0.05, 0) is 30.7 Å². The number of aromatic nitrogens is 3. The first-order valence-electron chi connectivity index (χ1n) is 7.47. The lowest BCUT2D eigenvalue weighted by Crippen LogP contribution is -2.20. The number of nitrogens with zero attached hydrogens (tertiary/aromatic N) is 3. The molecule has 0 saturated carbocycles. The summed E-state index contributed by atoms with van der Waals surface area (Å²) in [5, 5.41) is 17.9. The van der Waals surface area contributed by atoms with Gasteiger partial charge in [0, 0.05) is 5.56 Å². The SMILES string of the molecule is Cc1nc2n(n1)C(c1ccccc1)C=C(c1ccccc1O)N2. The average Bonchev–Trinajstić information content (AvgIpc) is 2.95. The standard InChI is InChI=1S/C18H16N4O/c1-12-19-18-20-15(14-9-5-6-10-17(14)23)11-16(22(18)21-12)13-7-3-2-4-8-13/h2-11,16,23H,1H3,(H,19,20,21). The first-order chi connectivity index (χ1) is 11.2. The van der Waals surface area contributed by atoms with Gasteiger partial charge in [0.1, 0.15) is 17.6 Å². The van der Waals surface area contributed by atoms with Gasteiger partial charge < -0.3 is 10.4 Å². The highest BCUT2D eigenvalue weighted by Crippen LogP contribution is 2.34.